The number of H-pyrrole nitrogens is 1. The second-order valence-electron chi connectivity index (χ2n) is 6.44. The number of amides is 1. The molecule has 1 atom stereocenters. The Morgan fingerprint density at radius 1 is 1.46 bits per heavy atom. The van der Waals surface area contributed by atoms with E-state index in [9.17, 15) is 18.4 Å². The molecule has 0 unspecified atom stereocenters. The molecule has 3 rings (SSSR count). The number of ketones is 1. The van der Waals surface area contributed by atoms with Crippen molar-refractivity contribution in [1.29, 1.82) is 0 Å². The number of aromatic nitrogens is 2. The third-order valence-electron chi connectivity index (χ3n) is 4.61. The highest BCUT2D eigenvalue weighted by atomic mass is 19.3. The number of fused-ring (bicyclic) bond motifs is 1. The average Bonchev–Trinajstić information content (AvgIpc) is 3.09. The number of alkyl halides is 2. The van der Waals surface area contributed by atoms with Crippen LogP contribution in [-0.2, 0) is 4.79 Å². The van der Waals surface area contributed by atoms with Gasteiger partial charge >= 0.3 is 0 Å². The fourth-order valence-corrected chi connectivity index (χ4v) is 3.27. The lowest BCUT2D eigenvalue weighted by Crippen LogP contribution is -2.42. The van der Waals surface area contributed by atoms with Crippen LogP contribution in [0, 0.1) is 5.92 Å². The second-order valence-corrected chi connectivity index (χ2v) is 6.44. The van der Waals surface area contributed by atoms with Crippen LogP contribution in [0.25, 0.3) is 11.0 Å². The fraction of sp³-hybridized carbons (Fsp3) is 0.471. The lowest BCUT2D eigenvalue weighted by Gasteiger charge is -2.33. The molecule has 0 spiro atoms. The summed E-state index contributed by atoms with van der Waals surface area (Å²) in [6, 6.07) is 1.78. The maximum absolute atomic E-state index is 12.3. The molecule has 1 saturated heterocycles. The number of Topliss-reactive ketones (excluding diaryl/α,β-unsaturated/α-hetero) is 1. The van der Waals surface area contributed by atoms with E-state index in [1.54, 1.807) is 12.3 Å². The molecular formula is C17H21F2N5O2. The summed E-state index contributed by atoms with van der Waals surface area (Å²) in [5, 5.41) is 2.55. The van der Waals surface area contributed by atoms with Gasteiger partial charge in [0.05, 0.1) is 11.3 Å². The standard InChI is InChI=1S/C17H21F2N5O2/c18-14(19)4-3-13(25)10-2-1-7-24(9-10)23-15-11-5-6-21-17(11)22-8-12(15)16(20)26/h5-6,8,10,14H,1-4,7,9H2,(H2,20,26)(H2,21,22,23)/t10-/m0/s1. The van der Waals surface area contributed by atoms with Gasteiger partial charge in [-0.1, -0.05) is 0 Å². The van der Waals surface area contributed by atoms with E-state index in [2.05, 4.69) is 15.4 Å². The van der Waals surface area contributed by atoms with Crippen LogP contribution in [0.5, 0.6) is 0 Å². The highest BCUT2D eigenvalue weighted by molar-refractivity contribution is 6.05. The minimum absolute atomic E-state index is 0.111. The molecule has 1 aliphatic rings. The molecule has 0 radical (unpaired) electrons. The van der Waals surface area contributed by atoms with Gasteiger partial charge in [0.1, 0.15) is 11.4 Å². The van der Waals surface area contributed by atoms with E-state index >= 15 is 0 Å². The summed E-state index contributed by atoms with van der Waals surface area (Å²) in [6.45, 7) is 1.07. The van der Waals surface area contributed by atoms with Gasteiger partial charge in [0, 0.05) is 49.6 Å². The van der Waals surface area contributed by atoms with Crippen LogP contribution in [0.4, 0.5) is 14.5 Å². The zero-order chi connectivity index (χ0) is 18.7. The van der Waals surface area contributed by atoms with E-state index in [4.69, 9.17) is 5.73 Å². The van der Waals surface area contributed by atoms with Crippen molar-refractivity contribution >= 4 is 28.4 Å². The SMILES string of the molecule is NC(=O)c1cnc2[nH]ccc2c1NN1CCC[C@H](C(=O)CCC(F)F)C1. The number of primary amides is 1. The highest BCUT2D eigenvalue weighted by Gasteiger charge is 2.27. The molecule has 0 saturated carbocycles. The molecular weight excluding hydrogens is 344 g/mol. The summed E-state index contributed by atoms with van der Waals surface area (Å²) in [5.41, 5.74) is 10.0. The van der Waals surface area contributed by atoms with Gasteiger partial charge in [0.15, 0.2) is 0 Å². The molecule has 2 aromatic rings. The predicted molar refractivity (Wildman–Crippen MR) is 92.8 cm³/mol. The predicted octanol–water partition coefficient (Wildman–Crippen LogP) is 2.32. The van der Waals surface area contributed by atoms with E-state index < -0.39 is 18.8 Å². The van der Waals surface area contributed by atoms with Gasteiger partial charge in [-0.3, -0.25) is 9.59 Å². The molecule has 0 aliphatic carbocycles. The van der Waals surface area contributed by atoms with Crippen molar-refractivity contribution in [3.05, 3.63) is 24.0 Å². The molecule has 7 nitrogen and oxygen atoms in total. The first-order valence-electron chi connectivity index (χ1n) is 8.54. The maximum atomic E-state index is 12.3. The molecule has 140 valence electrons. The van der Waals surface area contributed by atoms with Gasteiger partial charge in [-0.2, -0.15) is 0 Å². The quantitative estimate of drug-likeness (QED) is 0.698. The number of hydrazine groups is 1. The van der Waals surface area contributed by atoms with Crippen LogP contribution in [0.15, 0.2) is 18.5 Å². The van der Waals surface area contributed by atoms with Crippen molar-refractivity contribution in [2.45, 2.75) is 32.1 Å². The van der Waals surface area contributed by atoms with Crippen molar-refractivity contribution in [1.82, 2.24) is 15.0 Å². The number of aromatic amines is 1. The third-order valence-corrected chi connectivity index (χ3v) is 4.61. The normalized spacial score (nSPS) is 18.3. The molecule has 2 aromatic heterocycles. The van der Waals surface area contributed by atoms with Crippen molar-refractivity contribution in [3.63, 3.8) is 0 Å². The summed E-state index contributed by atoms with van der Waals surface area (Å²) >= 11 is 0. The lowest BCUT2D eigenvalue weighted by molar-refractivity contribution is -0.125. The Hall–Kier alpha value is -2.55. The number of rotatable bonds is 7. The Morgan fingerprint density at radius 2 is 2.27 bits per heavy atom. The van der Waals surface area contributed by atoms with E-state index in [0.717, 1.165) is 6.42 Å². The molecule has 0 aromatic carbocycles. The summed E-state index contributed by atoms with van der Waals surface area (Å²) in [7, 11) is 0. The van der Waals surface area contributed by atoms with Crippen molar-refractivity contribution < 1.29 is 18.4 Å². The number of carbonyl (C=O) groups is 2. The van der Waals surface area contributed by atoms with Crippen LogP contribution in [0.1, 0.15) is 36.0 Å². The number of hydrogen-bond donors (Lipinski definition) is 3. The zero-order valence-corrected chi connectivity index (χ0v) is 14.2. The first kappa shape index (κ1) is 18.2. The van der Waals surface area contributed by atoms with Crippen LogP contribution in [0.2, 0.25) is 0 Å². The smallest absolute Gasteiger partial charge is 0.252 e. The maximum Gasteiger partial charge on any atom is 0.252 e. The molecule has 3 heterocycles. The van der Waals surface area contributed by atoms with E-state index in [-0.39, 0.29) is 23.7 Å². The van der Waals surface area contributed by atoms with Gasteiger partial charge in [-0.15, -0.1) is 0 Å². The monoisotopic (exact) mass is 365 g/mol. The number of hydrogen-bond acceptors (Lipinski definition) is 5. The number of carbonyl (C=O) groups excluding carboxylic acids is 2. The summed E-state index contributed by atoms with van der Waals surface area (Å²) in [4.78, 5) is 31.0. The number of pyridine rings is 1. The first-order valence-corrected chi connectivity index (χ1v) is 8.54. The fourth-order valence-electron chi connectivity index (χ4n) is 3.27. The molecule has 4 N–H and O–H groups in total. The molecule has 9 heteroatoms. The van der Waals surface area contributed by atoms with E-state index in [0.29, 0.717) is 36.2 Å². The Bertz CT molecular complexity index is 808. The van der Waals surface area contributed by atoms with Gasteiger partial charge in [-0.05, 0) is 18.9 Å². The molecule has 1 fully saturated rings. The number of anilines is 1. The third kappa shape index (κ3) is 3.98. The molecule has 26 heavy (non-hydrogen) atoms. The van der Waals surface area contributed by atoms with Crippen molar-refractivity contribution in [3.8, 4) is 0 Å². The Balaban J connectivity index is 1.75. The summed E-state index contributed by atoms with van der Waals surface area (Å²) < 4.78 is 24.7. The minimum atomic E-state index is -2.46. The second kappa shape index (κ2) is 7.77. The van der Waals surface area contributed by atoms with Gasteiger partial charge < -0.3 is 16.1 Å². The van der Waals surface area contributed by atoms with Crippen molar-refractivity contribution in [2.24, 2.45) is 11.7 Å². The number of nitrogens with zero attached hydrogens (tertiary/aromatic N) is 2. The Kier molecular flexibility index (Phi) is 5.46. The van der Waals surface area contributed by atoms with Gasteiger partial charge in [0.2, 0.25) is 6.43 Å². The molecule has 1 amide bonds. The van der Waals surface area contributed by atoms with E-state index in [1.807, 2.05) is 5.01 Å². The molecule has 0 bridgehead atoms. The minimum Gasteiger partial charge on any atom is -0.365 e. The number of nitrogens with one attached hydrogen (secondary N) is 2. The van der Waals surface area contributed by atoms with Crippen LogP contribution < -0.4 is 11.2 Å². The highest BCUT2D eigenvalue weighted by Crippen LogP contribution is 2.28. The van der Waals surface area contributed by atoms with Gasteiger partial charge in [-0.25, -0.2) is 18.8 Å². The van der Waals surface area contributed by atoms with Gasteiger partial charge in [0.25, 0.3) is 5.91 Å². The molecule has 1 aliphatic heterocycles. The van der Waals surface area contributed by atoms with E-state index in [1.165, 1.54) is 6.20 Å². The number of nitrogens with two attached hydrogens (primary N) is 1. The average molecular weight is 365 g/mol. The number of piperidine rings is 1. The first-order chi connectivity index (χ1) is 12.5. The van der Waals surface area contributed by atoms with Crippen molar-refractivity contribution in [2.75, 3.05) is 18.5 Å². The topological polar surface area (TPSA) is 104 Å². The number of halogens is 2. The lowest BCUT2D eigenvalue weighted by atomic mass is 9.92. The summed E-state index contributed by atoms with van der Waals surface area (Å²) in [5.74, 6) is -1.05. The zero-order valence-electron chi connectivity index (χ0n) is 14.2. The Labute approximate surface area is 148 Å². The largest absolute Gasteiger partial charge is 0.365 e. The van der Waals surface area contributed by atoms with Crippen LogP contribution in [0.3, 0.4) is 0 Å². The Morgan fingerprint density at radius 3 is 3.00 bits per heavy atom. The van der Waals surface area contributed by atoms with Crippen LogP contribution in [-0.4, -0.2) is 46.2 Å². The van der Waals surface area contributed by atoms with Crippen LogP contribution >= 0.6 is 0 Å². The summed E-state index contributed by atoms with van der Waals surface area (Å²) in [6.07, 6.45) is 1.57.